The summed E-state index contributed by atoms with van der Waals surface area (Å²) in [4.78, 5) is 0. The molecule has 0 radical (unpaired) electrons. The summed E-state index contributed by atoms with van der Waals surface area (Å²) in [5.74, 6) is 0. The molecule has 0 aliphatic carbocycles. The number of benzene rings is 1. The van der Waals surface area contributed by atoms with E-state index in [1.807, 2.05) is 36.9 Å². The molecule has 1 aromatic carbocycles. The monoisotopic (exact) mass is 361 g/mol. The van der Waals surface area contributed by atoms with Crippen LogP contribution in [0.2, 0.25) is 10.0 Å². The number of aromatic nitrogens is 2. The van der Waals surface area contributed by atoms with Crippen molar-refractivity contribution in [2.24, 2.45) is 7.05 Å². The molecule has 3 nitrogen and oxygen atoms in total. The van der Waals surface area contributed by atoms with Crippen LogP contribution in [0.25, 0.3) is 0 Å². The largest absolute Gasteiger partial charge is 0.378 e. The summed E-state index contributed by atoms with van der Waals surface area (Å²) >= 11 is 15.8. The third kappa shape index (κ3) is 3.07. The first kappa shape index (κ1) is 14.7. The standard InChI is InChI=1S/C13H14BrCl2N3/c1-3-9-13(16)11(19(2)18-9)7-17-10-6-4-5-8(15)12(10)14/h4-6,17H,3,7H2,1-2H3. The van der Waals surface area contributed by atoms with Crippen molar-refractivity contribution < 1.29 is 0 Å². The van der Waals surface area contributed by atoms with Crippen LogP contribution in [0.4, 0.5) is 5.69 Å². The Morgan fingerprint density at radius 1 is 1.37 bits per heavy atom. The van der Waals surface area contributed by atoms with Crippen molar-refractivity contribution in [1.29, 1.82) is 0 Å². The van der Waals surface area contributed by atoms with Gasteiger partial charge in [0.05, 0.1) is 38.1 Å². The predicted molar refractivity (Wildman–Crippen MR) is 84.1 cm³/mol. The second-order valence-corrected chi connectivity index (χ2v) is 5.72. The number of nitrogens with zero attached hydrogens (tertiary/aromatic N) is 2. The van der Waals surface area contributed by atoms with E-state index in [2.05, 4.69) is 26.3 Å². The van der Waals surface area contributed by atoms with Crippen molar-refractivity contribution in [3.63, 3.8) is 0 Å². The second-order valence-electron chi connectivity index (χ2n) is 4.14. The third-order valence-corrected chi connectivity index (χ3v) is 4.73. The van der Waals surface area contributed by atoms with Gasteiger partial charge in [0, 0.05) is 7.05 Å². The summed E-state index contributed by atoms with van der Waals surface area (Å²) in [6.07, 6.45) is 0.827. The number of aryl methyl sites for hydroxylation is 2. The van der Waals surface area contributed by atoms with Crippen molar-refractivity contribution >= 4 is 44.8 Å². The molecule has 0 atom stereocenters. The lowest BCUT2D eigenvalue weighted by Crippen LogP contribution is -2.06. The molecule has 1 N–H and O–H groups in total. The van der Waals surface area contributed by atoms with Gasteiger partial charge in [0.2, 0.25) is 0 Å². The summed E-state index contributed by atoms with van der Waals surface area (Å²) in [6.45, 7) is 2.64. The quantitative estimate of drug-likeness (QED) is 0.856. The van der Waals surface area contributed by atoms with E-state index < -0.39 is 0 Å². The van der Waals surface area contributed by atoms with Crippen LogP contribution in [-0.2, 0) is 20.0 Å². The van der Waals surface area contributed by atoms with E-state index in [0.717, 1.165) is 33.0 Å². The zero-order valence-electron chi connectivity index (χ0n) is 10.7. The Morgan fingerprint density at radius 2 is 2.11 bits per heavy atom. The van der Waals surface area contributed by atoms with Crippen molar-refractivity contribution in [3.05, 3.63) is 44.1 Å². The summed E-state index contributed by atoms with van der Waals surface area (Å²) in [7, 11) is 1.90. The Bertz CT molecular complexity index is 596. The fraction of sp³-hybridized carbons (Fsp3) is 0.308. The van der Waals surface area contributed by atoms with Crippen molar-refractivity contribution in [3.8, 4) is 0 Å². The molecule has 0 fully saturated rings. The van der Waals surface area contributed by atoms with Gasteiger partial charge in [0.1, 0.15) is 0 Å². The molecule has 2 aromatic rings. The summed E-state index contributed by atoms with van der Waals surface area (Å²) in [5, 5.41) is 9.11. The van der Waals surface area contributed by atoms with Gasteiger partial charge >= 0.3 is 0 Å². The van der Waals surface area contributed by atoms with Gasteiger partial charge in [0.25, 0.3) is 0 Å². The Labute approximate surface area is 131 Å². The predicted octanol–water partition coefficient (Wildman–Crippen LogP) is 4.66. The first-order chi connectivity index (χ1) is 9.04. The van der Waals surface area contributed by atoms with Crippen molar-refractivity contribution in [2.45, 2.75) is 19.9 Å². The Morgan fingerprint density at radius 3 is 2.74 bits per heavy atom. The minimum atomic E-state index is 0.598. The molecule has 0 saturated carbocycles. The number of halogens is 3. The van der Waals surface area contributed by atoms with E-state index in [1.54, 1.807) is 0 Å². The first-order valence-electron chi connectivity index (χ1n) is 5.92. The smallest absolute Gasteiger partial charge is 0.0868 e. The minimum absolute atomic E-state index is 0.598. The number of anilines is 1. The highest BCUT2D eigenvalue weighted by Crippen LogP contribution is 2.31. The van der Waals surface area contributed by atoms with E-state index in [-0.39, 0.29) is 0 Å². The lowest BCUT2D eigenvalue weighted by molar-refractivity contribution is 0.707. The number of hydrogen-bond donors (Lipinski definition) is 1. The Hall–Kier alpha value is -0.710. The van der Waals surface area contributed by atoms with Crippen LogP contribution in [-0.4, -0.2) is 9.78 Å². The Kier molecular flexibility index (Phi) is 4.76. The first-order valence-corrected chi connectivity index (χ1v) is 7.47. The fourth-order valence-corrected chi connectivity index (χ4v) is 2.77. The normalized spacial score (nSPS) is 10.8. The molecule has 1 aromatic heterocycles. The zero-order chi connectivity index (χ0) is 14.0. The maximum absolute atomic E-state index is 6.31. The molecule has 19 heavy (non-hydrogen) atoms. The average molecular weight is 363 g/mol. The van der Waals surface area contributed by atoms with Gasteiger partial charge in [-0.15, -0.1) is 0 Å². The van der Waals surface area contributed by atoms with Gasteiger partial charge in [-0.25, -0.2) is 0 Å². The molecule has 102 valence electrons. The van der Waals surface area contributed by atoms with Crippen LogP contribution in [0.1, 0.15) is 18.3 Å². The molecular weight excluding hydrogens is 349 g/mol. The van der Waals surface area contributed by atoms with Gasteiger partial charge in [-0.3, -0.25) is 4.68 Å². The average Bonchev–Trinajstić information content (AvgIpc) is 2.66. The number of rotatable bonds is 4. The van der Waals surface area contributed by atoms with E-state index in [9.17, 15) is 0 Å². The highest BCUT2D eigenvalue weighted by Gasteiger charge is 2.13. The SMILES string of the molecule is CCc1nn(C)c(CNc2cccc(Cl)c2Br)c1Cl. The van der Waals surface area contributed by atoms with Gasteiger partial charge in [-0.05, 0) is 34.5 Å². The number of nitrogens with one attached hydrogen (secondary N) is 1. The van der Waals surface area contributed by atoms with E-state index in [0.29, 0.717) is 11.6 Å². The van der Waals surface area contributed by atoms with Crippen LogP contribution in [0.3, 0.4) is 0 Å². The van der Waals surface area contributed by atoms with Gasteiger partial charge in [0.15, 0.2) is 0 Å². The van der Waals surface area contributed by atoms with Crippen LogP contribution >= 0.6 is 39.1 Å². The second kappa shape index (κ2) is 6.16. The third-order valence-electron chi connectivity index (χ3n) is 2.90. The highest BCUT2D eigenvalue weighted by atomic mass is 79.9. The maximum Gasteiger partial charge on any atom is 0.0868 e. The van der Waals surface area contributed by atoms with Gasteiger partial charge in [-0.1, -0.05) is 36.2 Å². The molecule has 0 saturated heterocycles. The lowest BCUT2D eigenvalue weighted by Gasteiger charge is -2.10. The fourth-order valence-electron chi connectivity index (χ4n) is 1.83. The van der Waals surface area contributed by atoms with Gasteiger partial charge in [-0.2, -0.15) is 5.10 Å². The summed E-state index contributed by atoms with van der Waals surface area (Å²) < 4.78 is 2.66. The van der Waals surface area contributed by atoms with Crippen LogP contribution < -0.4 is 5.32 Å². The molecule has 0 aliphatic heterocycles. The zero-order valence-corrected chi connectivity index (χ0v) is 13.8. The topological polar surface area (TPSA) is 29.9 Å². The van der Waals surface area contributed by atoms with E-state index >= 15 is 0 Å². The maximum atomic E-state index is 6.31. The lowest BCUT2D eigenvalue weighted by atomic mass is 10.3. The molecule has 2 rings (SSSR count). The minimum Gasteiger partial charge on any atom is -0.378 e. The number of hydrogen-bond acceptors (Lipinski definition) is 2. The van der Waals surface area contributed by atoms with Crippen LogP contribution in [0.15, 0.2) is 22.7 Å². The van der Waals surface area contributed by atoms with Crippen LogP contribution in [0.5, 0.6) is 0 Å². The molecule has 6 heteroatoms. The molecule has 0 bridgehead atoms. The van der Waals surface area contributed by atoms with Crippen LogP contribution in [0, 0.1) is 0 Å². The molecular formula is C13H14BrCl2N3. The molecule has 0 spiro atoms. The molecule has 1 heterocycles. The Balaban J connectivity index is 2.19. The molecule has 0 aliphatic rings. The summed E-state index contributed by atoms with van der Waals surface area (Å²) in [5.41, 5.74) is 2.82. The van der Waals surface area contributed by atoms with E-state index in [4.69, 9.17) is 23.2 Å². The van der Waals surface area contributed by atoms with E-state index in [1.165, 1.54) is 0 Å². The summed E-state index contributed by atoms with van der Waals surface area (Å²) in [6, 6.07) is 5.70. The van der Waals surface area contributed by atoms with Crippen molar-refractivity contribution in [1.82, 2.24) is 9.78 Å². The highest BCUT2D eigenvalue weighted by molar-refractivity contribution is 9.10. The van der Waals surface area contributed by atoms with Gasteiger partial charge < -0.3 is 5.32 Å². The molecule has 0 amide bonds. The molecule has 0 unspecified atom stereocenters. The van der Waals surface area contributed by atoms with Crippen molar-refractivity contribution in [2.75, 3.05) is 5.32 Å².